The topological polar surface area (TPSA) is 65.4 Å². The summed E-state index contributed by atoms with van der Waals surface area (Å²) in [5.41, 5.74) is 3.21. The van der Waals surface area contributed by atoms with Crippen molar-refractivity contribution in [3.63, 3.8) is 0 Å². The van der Waals surface area contributed by atoms with Crippen LogP contribution in [0.15, 0.2) is 48.5 Å². The summed E-state index contributed by atoms with van der Waals surface area (Å²) >= 11 is 0. The van der Waals surface area contributed by atoms with Gasteiger partial charge in [0.25, 0.3) is 0 Å². The van der Waals surface area contributed by atoms with Crippen molar-refractivity contribution in [1.82, 2.24) is 14.9 Å². The third-order valence-corrected chi connectivity index (χ3v) is 5.49. The first-order chi connectivity index (χ1) is 16.0. The van der Waals surface area contributed by atoms with Crippen LogP contribution in [0.5, 0.6) is 11.5 Å². The molecule has 0 aliphatic heterocycles. The van der Waals surface area contributed by atoms with Gasteiger partial charge in [-0.1, -0.05) is 44.2 Å². The zero-order chi connectivity index (χ0) is 23.6. The summed E-state index contributed by atoms with van der Waals surface area (Å²) in [5.74, 6) is 2.57. The highest BCUT2D eigenvalue weighted by atomic mass is 16.5. The number of aryl methyl sites for hydroxylation is 1. The van der Waals surface area contributed by atoms with E-state index >= 15 is 0 Å². The van der Waals surface area contributed by atoms with Crippen LogP contribution in [0.2, 0.25) is 0 Å². The van der Waals surface area contributed by atoms with Gasteiger partial charge in [0, 0.05) is 25.4 Å². The fraction of sp³-hybridized carbons (Fsp3) is 0.407. The van der Waals surface area contributed by atoms with Crippen LogP contribution in [-0.2, 0) is 17.8 Å². The van der Waals surface area contributed by atoms with E-state index in [1.54, 1.807) is 7.11 Å². The molecule has 176 valence electrons. The quantitative estimate of drug-likeness (QED) is 0.384. The number of imidazole rings is 1. The van der Waals surface area contributed by atoms with Crippen LogP contribution in [-0.4, -0.2) is 35.7 Å². The van der Waals surface area contributed by atoms with Crippen molar-refractivity contribution in [3.05, 3.63) is 59.9 Å². The maximum Gasteiger partial charge on any atom is 0.222 e. The number of ether oxygens (including phenoxy) is 2. The number of nitrogens with one attached hydrogen (secondary N) is 1. The number of allylic oxidation sites excluding steroid dienone is 1. The molecule has 0 aliphatic rings. The van der Waals surface area contributed by atoms with E-state index in [-0.39, 0.29) is 11.8 Å². The van der Waals surface area contributed by atoms with Gasteiger partial charge in [-0.05, 0) is 49.6 Å². The molecule has 1 aromatic heterocycles. The van der Waals surface area contributed by atoms with Crippen molar-refractivity contribution >= 4 is 23.0 Å². The highest BCUT2D eigenvalue weighted by Gasteiger charge is 2.12. The zero-order valence-electron chi connectivity index (χ0n) is 20.1. The van der Waals surface area contributed by atoms with Crippen molar-refractivity contribution in [2.45, 2.75) is 46.6 Å². The smallest absolute Gasteiger partial charge is 0.222 e. The van der Waals surface area contributed by atoms with Gasteiger partial charge in [0.05, 0.1) is 24.8 Å². The second kappa shape index (κ2) is 12.1. The van der Waals surface area contributed by atoms with E-state index in [4.69, 9.17) is 14.5 Å². The number of nitrogens with zero attached hydrogens (tertiary/aromatic N) is 2. The third-order valence-electron chi connectivity index (χ3n) is 5.49. The zero-order valence-corrected chi connectivity index (χ0v) is 20.1. The molecule has 6 nitrogen and oxygen atoms in total. The number of benzene rings is 2. The van der Waals surface area contributed by atoms with Crippen molar-refractivity contribution in [1.29, 1.82) is 0 Å². The molecule has 0 radical (unpaired) electrons. The molecule has 33 heavy (non-hydrogen) atoms. The van der Waals surface area contributed by atoms with Crippen LogP contribution in [0.25, 0.3) is 17.1 Å². The van der Waals surface area contributed by atoms with Crippen LogP contribution in [0.3, 0.4) is 0 Å². The summed E-state index contributed by atoms with van der Waals surface area (Å²) in [7, 11) is 1.66. The lowest BCUT2D eigenvalue weighted by Gasteiger charge is -2.13. The molecule has 0 spiro atoms. The van der Waals surface area contributed by atoms with Crippen LogP contribution in [0.4, 0.5) is 0 Å². The fourth-order valence-corrected chi connectivity index (χ4v) is 3.72. The predicted octanol–water partition coefficient (Wildman–Crippen LogP) is 5.25. The number of rotatable bonds is 12. The Morgan fingerprint density at radius 2 is 1.97 bits per heavy atom. The van der Waals surface area contributed by atoms with E-state index in [0.29, 0.717) is 19.6 Å². The Bertz CT molecular complexity index is 1090. The minimum Gasteiger partial charge on any atom is -0.493 e. The lowest BCUT2D eigenvalue weighted by atomic mass is 10.2. The maximum atomic E-state index is 11.9. The molecule has 3 rings (SSSR count). The number of unbranched alkanes of at least 4 members (excludes halogenated alkanes) is 1. The highest BCUT2D eigenvalue weighted by molar-refractivity contribution is 5.78. The summed E-state index contributed by atoms with van der Waals surface area (Å²) in [6, 6.07) is 14.2. The Kier molecular flexibility index (Phi) is 8.93. The number of hydrogen-bond donors (Lipinski definition) is 1. The Labute approximate surface area is 196 Å². The molecule has 1 heterocycles. The van der Waals surface area contributed by atoms with Gasteiger partial charge in [-0.2, -0.15) is 0 Å². The number of hydrogen-bond acceptors (Lipinski definition) is 4. The van der Waals surface area contributed by atoms with Gasteiger partial charge in [-0.3, -0.25) is 4.79 Å². The van der Waals surface area contributed by atoms with Crippen LogP contribution in [0.1, 0.15) is 45.0 Å². The van der Waals surface area contributed by atoms with E-state index in [1.807, 2.05) is 69.3 Å². The number of methoxy groups -OCH3 is 1. The lowest BCUT2D eigenvalue weighted by molar-refractivity contribution is -0.123. The first kappa shape index (κ1) is 24.4. The maximum absolute atomic E-state index is 11.9. The summed E-state index contributed by atoms with van der Waals surface area (Å²) in [5, 5.41) is 2.99. The van der Waals surface area contributed by atoms with Gasteiger partial charge < -0.3 is 19.4 Å². The van der Waals surface area contributed by atoms with Gasteiger partial charge in [0.15, 0.2) is 11.5 Å². The molecule has 0 fully saturated rings. The highest BCUT2D eigenvalue weighted by Crippen LogP contribution is 2.29. The standard InChI is InChI=1S/C27H35N3O3/c1-5-10-21-13-14-24(25(19-21)32-4)33-18-9-8-17-30-23-12-7-6-11-22(23)29-26(30)15-16-28-27(31)20(2)3/h5-7,10-14,19-20H,8-9,15-18H2,1-4H3,(H,28,31)/b10-5+. The van der Waals surface area contributed by atoms with Crippen LogP contribution >= 0.6 is 0 Å². The van der Waals surface area contributed by atoms with Crippen molar-refractivity contribution < 1.29 is 14.3 Å². The first-order valence-electron chi connectivity index (χ1n) is 11.7. The summed E-state index contributed by atoms with van der Waals surface area (Å²) in [6.07, 6.45) is 6.62. The van der Waals surface area contributed by atoms with Gasteiger partial charge in [-0.25, -0.2) is 4.98 Å². The molecule has 0 saturated heterocycles. The monoisotopic (exact) mass is 449 g/mol. The lowest BCUT2D eigenvalue weighted by Crippen LogP contribution is -2.30. The van der Waals surface area contributed by atoms with Gasteiger partial charge in [0.2, 0.25) is 5.91 Å². The summed E-state index contributed by atoms with van der Waals surface area (Å²) in [6.45, 7) is 7.86. The number of amides is 1. The molecule has 1 N–H and O–H groups in total. The Morgan fingerprint density at radius 3 is 2.73 bits per heavy atom. The minimum atomic E-state index is -0.0123. The number of carbonyl (C=O) groups excluding carboxylic acids is 1. The molecule has 3 aromatic rings. The second-order valence-electron chi connectivity index (χ2n) is 8.33. The van der Waals surface area contributed by atoms with Crippen LogP contribution < -0.4 is 14.8 Å². The normalized spacial score (nSPS) is 11.4. The van der Waals surface area contributed by atoms with Crippen molar-refractivity contribution in [3.8, 4) is 11.5 Å². The molecule has 0 aliphatic carbocycles. The predicted molar refractivity (Wildman–Crippen MR) is 134 cm³/mol. The first-order valence-corrected chi connectivity index (χ1v) is 11.7. The van der Waals surface area contributed by atoms with E-state index in [2.05, 4.69) is 16.0 Å². The molecule has 0 saturated carbocycles. The largest absolute Gasteiger partial charge is 0.493 e. The van der Waals surface area contributed by atoms with E-state index in [9.17, 15) is 4.79 Å². The summed E-state index contributed by atoms with van der Waals surface area (Å²) < 4.78 is 13.7. The Hall–Kier alpha value is -3.28. The van der Waals surface area contributed by atoms with Gasteiger partial charge in [-0.15, -0.1) is 0 Å². The molecular weight excluding hydrogens is 414 g/mol. The molecule has 0 bridgehead atoms. The second-order valence-corrected chi connectivity index (χ2v) is 8.33. The van der Waals surface area contributed by atoms with E-state index in [1.165, 1.54) is 0 Å². The Balaban J connectivity index is 1.57. The molecule has 1 amide bonds. The van der Waals surface area contributed by atoms with Gasteiger partial charge in [0.1, 0.15) is 5.82 Å². The SMILES string of the molecule is C/C=C/c1ccc(OCCCCn2c(CCNC(=O)C(C)C)nc3ccccc32)c(OC)c1. The average molecular weight is 450 g/mol. The number of para-hydroxylation sites is 2. The number of aromatic nitrogens is 2. The average Bonchev–Trinajstić information content (AvgIpc) is 3.16. The van der Waals surface area contributed by atoms with Gasteiger partial charge >= 0.3 is 0 Å². The molecule has 0 unspecified atom stereocenters. The molecular formula is C27H35N3O3. The number of fused-ring (bicyclic) bond motifs is 1. The van der Waals surface area contributed by atoms with E-state index < -0.39 is 0 Å². The van der Waals surface area contributed by atoms with Crippen molar-refractivity contribution in [2.24, 2.45) is 5.92 Å². The summed E-state index contributed by atoms with van der Waals surface area (Å²) in [4.78, 5) is 16.7. The van der Waals surface area contributed by atoms with Crippen molar-refractivity contribution in [2.75, 3.05) is 20.3 Å². The molecule has 6 heteroatoms. The van der Waals surface area contributed by atoms with E-state index in [0.717, 1.165) is 53.3 Å². The minimum absolute atomic E-state index is 0.0123. The molecule has 0 atom stereocenters. The third kappa shape index (κ3) is 6.60. The van der Waals surface area contributed by atoms with Crippen LogP contribution in [0, 0.1) is 5.92 Å². The molecule has 2 aromatic carbocycles. The fourth-order valence-electron chi connectivity index (χ4n) is 3.72. The Morgan fingerprint density at radius 1 is 1.15 bits per heavy atom. The number of carbonyl (C=O) groups is 1.